The number of unbranched alkanes of at least 4 members (excludes halogenated alkanes) is 1. The number of amides is 2. The Morgan fingerprint density at radius 2 is 1.62 bits per heavy atom. The number of rotatable bonds is 11. The number of nitrogens with zero attached hydrogens (tertiary/aromatic N) is 2. The van der Waals surface area contributed by atoms with Crippen LogP contribution in [0.2, 0.25) is 0 Å². The number of alkyl carbamates (subject to hydrolysis) is 1. The van der Waals surface area contributed by atoms with Crippen molar-refractivity contribution in [2.45, 2.75) is 77.0 Å². The molecular weight excluding hydrogens is 530 g/mol. The van der Waals surface area contributed by atoms with E-state index in [2.05, 4.69) is 34.6 Å². The molecule has 0 saturated carbocycles. The molecular formula is C34H41N3O5. The molecule has 4 rings (SSSR count). The number of hydrogen-bond donors (Lipinski definition) is 1. The molecule has 0 bridgehead atoms. The van der Waals surface area contributed by atoms with Crippen LogP contribution in [0, 0.1) is 0 Å². The van der Waals surface area contributed by atoms with E-state index in [1.165, 1.54) is 4.90 Å². The van der Waals surface area contributed by atoms with Crippen molar-refractivity contribution in [2.75, 3.05) is 13.7 Å². The normalized spacial score (nSPS) is 13.8. The van der Waals surface area contributed by atoms with E-state index < -0.39 is 29.7 Å². The SMILES string of the molecule is CCCC[C@H](NC(=O)OCC1c2ccccc2-c2ccccc21)C(=O)N(C)[C@@H](Cc1cccnc1)C(=O)OC(C)(C)C. The van der Waals surface area contributed by atoms with Crippen LogP contribution >= 0.6 is 0 Å². The number of ether oxygens (including phenoxy) is 2. The second-order valence-corrected chi connectivity index (χ2v) is 11.7. The Morgan fingerprint density at radius 1 is 0.976 bits per heavy atom. The monoisotopic (exact) mass is 571 g/mol. The number of carbonyl (C=O) groups excluding carboxylic acids is 3. The lowest BCUT2D eigenvalue weighted by molar-refractivity contribution is -0.164. The van der Waals surface area contributed by atoms with Gasteiger partial charge in [-0.05, 0) is 61.1 Å². The first-order chi connectivity index (χ1) is 20.1. The summed E-state index contributed by atoms with van der Waals surface area (Å²) >= 11 is 0. The molecule has 0 saturated heterocycles. The lowest BCUT2D eigenvalue weighted by Crippen LogP contribution is -2.54. The molecule has 1 aliphatic rings. The van der Waals surface area contributed by atoms with Gasteiger partial charge in [0.25, 0.3) is 0 Å². The third-order valence-electron chi connectivity index (χ3n) is 7.43. The Labute approximate surface area is 248 Å². The van der Waals surface area contributed by atoms with Gasteiger partial charge in [0.05, 0.1) is 0 Å². The highest BCUT2D eigenvalue weighted by Crippen LogP contribution is 2.44. The molecule has 222 valence electrons. The standard InChI is InChI=1S/C34H41N3O5/c1-6-7-18-29(31(38)37(5)30(32(39)42-34(2,3)4)20-23-13-12-19-35-21-23)36-33(40)41-22-28-26-16-10-8-14-24(26)25-15-9-11-17-27(25)28/h8-17,19,21,28-30H,6-7,18,20,22H2,1-5H3,(H,36,40)/t29-,30-/m0/s1. The van der Waals surface area contributed by atoms with Crippen LogP contribution < -0.4 is 5.32 Å². The molecule has 8 heteroatoms. The average Bonchev–Trinajstić information content (AvgIpc) is 3.29. The number of fused-ring (bicyclic) bond motifs is 3. The van der Waals surface area contributed by atoms with Crippen molar-refractivity contribution < 1.29 is 23.9 Å². The Morgan fingerprint density at radius 3 is 2.19 bits per heavy atom. The zero-order valence-electron chi connectivity index (χ0n) is 25.1. The van der Waals surface area contributed by atoms with Gasteiger partial charge < -0.3 is 19.7 Å². The van der Waals surface area contributed by atoms with Crippen LogP contribution in [0.3, 0.4) is 0 Å². The number of benzene rings is 2. The Bertz CT molecular complexity index is 1340. The Kier molecular flexibility index (Phi) is 9.99. The number of likely N-dealkylation sites (N-methyl/N-ethyl adjacent to an activating group) is 1. The number of nitrogens with one attached hydrogen (secondary N) is 1. The minimum Gasteiger partial charge on any atom is -0.458 e. The second kappa shape index (κ2) is 13.6. The van der Waals surface area contributed by atoms with E-state index >= 15 is 0 Å². The van der Waals surface area contributed by atoms with Gasteiger partial charge in [0.2, 0.25) is 5.91 Å². The number of esters is 1. The van der Waals surface area contributed by atoms with Gasteiger partial charge in [0.1, 0.15) is 24.3 Å². The molecule has 8 nitrogen and oxygen atoms in total. The third kappa shape index (κ3) is 7.55. The fourth-order valence-corrected chi connectivity index (χ4v) is 5.34. The van der Waals surface area contributed by atoms with Gasteiger partial charge in [0.15, 0.2) is 0 Å². The molecule has 0 fully saturated rings. The van der Waals surface area contributed by atoms with E-state index in [1.54, 1.807) is 46.3 Å². The van der Waals surface area contributed by atoms with Crippen LogP contribution in [-0.2, 0) is 25.5 Å². The number of pyridine rings is 1. The predicted molar refractivity (Wildman–Crippen MR) is 162 cm³/mol. The van der Waals surface area contributed by atoms with E-state index in [9.17, 15) is 14.4 Å². The quantitative estimate of drug-likeness (QED) is 0.288. The summed E-state index contributed by atoms with van der Waals surface area (Å²) < 4.78 is 11.4. The molecule has 0 aliphatic heterocycles. The van der Waals surface area contributed by atoms with Crippen molar-refractivity contribution in [2.24, 2.45) is 0 Å². The highest BCUT2D eigenvalue weighted by atomic mass is 16.6. The minimum atomic E-state index is -0.894. The van der Waals surface area contributed by atoms with Crippen LogP contribution in [0.15, 0.2) is 73.1 Å². The molecule has 0 radical (unpaired) electrons. The first-order valence-corrected chi connectivity index (χ1v) is 14.6. The first kappa shape index (κ1) is 30.8. The lowest BCUT2D eigenvalue weighted by Gasteiger charge is -2.32. The van der Waals surface area contributed by atoms with Gasteiger partial charge in [-0.25, -0.2) is 9.59 Å². The number of aromatic nitrogens is 1. The summed E-state index contributed by atoms with van der Waals surface area (Å²) in [6, 6.07) is 18.1. The summed E-state index contributed by atoms with van der Waals surface area (Å²) in [6.07, 6.45) is 4.85. The maximum Gasteiger partial charge on any atom is 0.407 e. The van der Waals surface area contributed by atoms with Gasteiger partial charge >= 0.3 is 12.1 Å². The van der Waals surface area contributed by atoms with Crippen molar-refractivity contribution in [1.29, 1.82) is 0 Å². The number of hydrogen-bond acceptors (Lipinski definition) is 6. The molecule has 2 amide bonds. The zero-order chi connectivity index (χ0) is 30.3. The maximum absolute atomic E-state index is 13.8. The summed E-state index contributed by atoms with van der Waals surface area (Å²) in [5, 5.41) is 2.79. The largest absolute Gasteiger partial charge is 0.458 e. The summed E-state index contributed by atoms with van der Waals surface area (Å²) in [4.78, 5) is 45.7. The molecule has 3 aromatic rings. The molecule has 0 spiro atoms. The van der Waals surface area contributed by atoms with E-state index in [0.29, 0.717) is 12.8 Å². The molecule has 42 heavy (non-hydrogen) atoms. The van der Waals surface area contributed by atoms with Gasteiger partial charge in [-0.1, -0.05) is 74.4 Å². The van der Waals surface area contributed by atoms with Crippen LogP contribution in [0.1, 0.15) is 69.6 Å². The Balaban J connectivity index is 1.47. The van der Waals surface area contributed by atoms with E-state index in [0.717, 1.165) is 34.2 Å². The molecule has 1 aromatic heterocycles. The van der Waals surface area contributed by atoms with Crippen molar-refractivity contribution in [3.05, 3.63) is 89.7 Å². The molecule has 1 aliphatic carbocycles. The average molecular weight is 572 g/mol. The van der Waals surface area contributed by atoms with Crippen molar-refractivity contribution in [3.63, 3.8) is 0 Å². The molecule has 1 heterocycles. The van der Waals surface area contributed by atoms with Gasteiger partial charge in [-0.15, -0.1) is 0 Å². The van der Waals surface area contributed by atoms with Gasteiger partial charge in [0, 0.05) is 31.8 Å². The summed E-state index contributed by atoms with van der Waals surface area (Å²) in [5.41, 5.74) is 4.57. The molecule has 2 atom stereocenters. The predicted octanol–water partition coefficient (Wildman–Crippen LogP) is 5.89. The van der Waals surface area contributed by atoms with Crippen molar-refractivity contribution in [1.82, 2.24) is 15.2 Å². The lowest BCUT2D eigenvalue weighted by atomic mass is 9.98. The summed E-state index contributed by atoms with van der Waals surface area (Å²) in [6.45, 7) is 7.53. The smallest absolute Gasteiger partial charge is 0.407 e. The van der Waals surface area contributed by atoms with Crippen LogP contribution in [0.5, 0.6) is 0 Å². The van der Waals surface area contributed by atoms with E-state index in [1.807, 2.05) is 37.3 Å². The van der Waals surface area contributed by atoms with Gasteiger partial charge in [-0.2, -0.15) is 0 Å². The minimum absolute atomic E-state index is 0.0911. The molecule has 1 N–H and O–H groups in total. The zero-order valence-corrected chi connectivity index (χ0v) is 25.1. The fourth-order valence-electron chi connectivity index (χ4n) is 5.34. The van der Waals surface area contributed by atoms with Crippen LogP contribution in [-0.4, -0.2) is 59.2 Å². The van der Waals surface area contributed by atoms with E-state index in [4.69, 9.17) is 9.47 Å². The van der Waals surface area contributed by atoms with Crippen molar-refractivity contribution >= 4 is 18.0 Å². The first-order valence-electron chi connectivity index (χ1n) is 14.6. The van der Waals surface area contributed by atoms with Crippen molar-refractivity contribution in [3.8, 4) is 11.1 Å². The second-order valence-electron chi connectivity index (χ2n) is 11.7. The number of carbonyl (C=O) groups is 3. The summed E-state index contributed by atoms with van der Waals surface area (Å²) in [5.74, 6) is -0.985. The Hall–Kier alpha value is -4.20. The molecule has 2 aromatic carbocycles. The van der Waals surface area contributed by atoms with Gasteiger partial charge in [-0.3, -0.25) is 9.78 Å². The maximum atomic E-state index is 13.8. The van der Waals surface area contributed by atoms with E-state index in [-0.39, 0.29) is 24.9 Å². The highest BCUT2D eigenvalue weighted by molar-refractivity contribution is 5.90. The van der Waals surface area contributed by atoms with Crippen LogP contribution in [0.25, 0.3) is 11.1 Å². The summed E-state index contributed by atoms with van der Waals surface area (Å²) in [7, 11) is 1.58. The van der Waals surface area contributed by atoms with Crippen LogP contribution in [0.4, 0.5) is 4.79 Å². The fraction of sp³-hybridized carbons (Fsp3) is 0.412. The third-order valence-corrected chi connectivity index (χ3v) is 7.43. The molecule has 0 unspecified atom stereocenters. The highest BCUT2D eigenvalue weighted by Gasteiger charge is 2.35. The topological polar surface area (TPSA) is 97.8 Å².